The number of amides is 4. The molecule has 0 radical (unpaired) electrons. The number of aryl methyl sites for hydroxylation is 1. The van der Waals surface area contributed by atoms with E-state index in [1.807, 2.05) is 36.4 Å². The Hall–Kier alpha value is -6.75. The minimum absolute atomic E-state index is 0.0420. The second-order valence-corrected chi connectivity index (χ2v) is 26.1. The van der Waals surface area contributed by atoms with Gasteiger partial charge in [0.2, 0.25) is 6.10 Å². The number of likely N-dealkylation sites (N-methyl/N-ethyl adjacent to an activating group) is 4. The predicted octanol–water partition coefficient (Wildman–Crippen LogP) is 7.74. The Morgan fingerprint density at radius 1 is 0.563 bits per heavy atom. The molecule has 482 valence electrons. The minimum Gasteiger partial charge on any atom is -0.478 e. The largest absolute Gasteiger partial charge is 0.478 e. The lowest BCUT2D eigenvalue weighted by Crippen LogP contribution is -2.54. The summed E-state index contributed by atoms with van der Waals surface area (Å²) in [5.41, 5.74) is -4.68. The highest BCUT2D eigenvalue weighted by Crippen LogP contribution is 2.45. The Bertz CT molecular complexity index is 2770. The summed E-state index contributed by atoms with van der Waals surface area (Å²) in [5.74, 6) is -7.98. The first-order chi connectivity index (χ1) is 40.6. The molecular formula is C64H90F2N4O17. The molecule has 2 aromatic rings. The molecule has 1 N–H and O–H groups in total. The van der Waals surface area contributed by atoms with Crippen molar-refractivity contribution in [3.63, 3.8) is 0 Å². The van der Waals surface area contributed by atoms with Crippen LogP contribution in [-0.4, -0.2) is 198 Å². The normalized spacial score (nSPS) is 18.8. The Labute approximate surface area is 509 Å². The van der Waals surface area contributed by atoms with Crippen molar-refractivity contribution >= 4 is 53.7 Å². The first-order valence-electron chi connectivity index (χ1n) is 30.1. The van der Waals surface area contributed by atoms with E-state index in [0.29, 0.717) is 37.9 Å². The van der Waals surface area contributed by atoms with Gasteiger partial charge in [-0.25, -0.2) is 37.5 Å². The Balaban J connectivity index is 1.17. The fourth-order valence-corrected chi connectivity index (χ4v) is 11.0. The number of aliphatic carboxylic acids is 1. The highest BCUT2D eigenvalue weighted by molar-refractivity contribution is 5.96. The van der Waals surface area contributed by atoms with Crippen molar-refractivity contribution in [1.82, 2.24) is 19.6 Å². The number of carbonyl (C=O) groups excluding carboxylic acids is 8. The van der Waals surface area contributed by atoms with Crippen LogP contribution >= 0.6 is 0 Å². The molecule has 2 aliphatic carbocycles. The topological polar surface area (TPSA) is 251 Å². The quantitative estimate of drug-likeness (QED) is 0.0663. The fraction of sp³-hybridized carbons (Fsp3) is 0.672. The number of carbonyl (C=O) groups is 9. The number of halogens is 2. The Morgan fingerprint density at radius 2 is 0.943 bits per heavy atom. The van der Waals surface area contributed by atoms with Crippen LogP contribution in [0.3, 0.4) is 0 Å². The van der Waals surface area contributed by atoms with Crippen LogP contribution in [0.15, 0.2) is 48.5 Å². The van der Waals surface area contributed by atoms with Gasteiger partial charge in [-0.05, 0) is 161 Å². The van der Waals surface area contributed by atoms with Crippen molar-refractivity contribution in [1.29, 1.82) is 0 Å². The van der Waals surface area contributed by atoms with E-state index in [-0.39, 0.29) is 50.9 Å². The molecule has 23 heteroatoms. The number of rotatable bonds is 27. The summed E-state index contributed by atoms with van der Waals surface area (Å²) in [7, 11) is 5.05. The Kier molecular flexibility index (Phi) is 22.8. The van der Waals surface area contributed by atoms with Gasteiger partial charge in [-0.15, -0.1) is 0 Å². The van der Waals surface area contributed by atoms with E-state index < -0.39 is 131 Å². The van der Waals surface area contributed by atoms with E-state index in [0.717, 1.165) is 62.0 Å². The smallest absolute Gasteiger partial charge is 0.410 e. The van der Waals surface area contributed by atoms with Gasteiger partial charge in [-0.3, -0.25) is 19.3 Å². The highest BCUT2D eigenvalue weighted by Gasteiger charge is 2.60. The van der Waals surface area contributed by atoms with Gasteiger partial charge in [0.1, 0.15) is 40.1 Å². The van der Waals surface area contributed by atoms with E-state index in [2.05, 4.69) is 0 Å². The lowest BCUT2D eigenvalue weighted by Gasteiger charge is -2.35. The summed E-state index contributed by atoms with van der Waals surface area (Å²) in [4.78, 5) is 129. The van der Waals surface area contributed by atoms with Gasteiger partial charge in [0, 0.05) is 73.9 Å². The molecule has 0 aromatic heterocycles. The monoisotopic (exact) mass is 1220 g/mol. The number of ether oxygens (including phenoxy) is 7. The lowest BCUT2D eigenvalue weighted by atomic mass is 9.90. The SMILES string of the molecule is C[C@@H](OC(=O)C1(N(C)C(=O)OC(C)(C)C)CC1)C(=O)N(C)[C@@H](CC(C)(C)F)C(=O)O[C@H](CCc1ccc(C2CCOCC2)cc1)C(=O)N(C)C1(C(=O)O[C@H](C)C(=O)N(C)[C@@H](CC(C)(C)F)C(=O)O[C@H](Cc2ccc(C3CCOCC3)cc2)C(=O)O)CC1. The number of nitrogens with zero attached hydrogens (tertiary/aromatic N) is 4. The third kappa shape index (κ3) is 18.6. The molecule has 4 aliphatic rings. The standard InChI is InChI=1S/C64H90F2N4O17/c1-39(51(71)68(11)48(38-62(8,9)66)56(77)86-50(54(74)75)36-42-16-21-44(22-17-42)46-26-34-82-35-27-46)83-57(78)63(28-29-63)69(12)53(73)49(23-18-41-14-19-43(20-15-41)45-24-32-81-33-25-45)85-55(76)47(37-61(6,7)65)67(10)52(72)40(2)84-58(79)64(30-31-64)70(13)59(80)87-60(3,4)5/h14-17,19-22,39-40,45-50H,18,23-38H2,1-13H3,(H,74,75)/t39-,40-,47+,48+,49-,50-/m1/s1. The summed E-state index contributed by atoms with van der Waals surface area (Å²) in [6.07, 6.45) is -4.89. The first-order valence-corrected chi connectivity index (χ1v) is 30.1. The maximum absolute atomic E-state index is 15.8. The molecule has 6 atom stereocenters. The second-order valence-electron chi connectivity index (χ2n) is 26.1. The molecule has 2 aromatic carbocycles. The summed E-state index contributed by atoms with van der Waals surface area (Å²) in [5, 5.41) is 10.2. The van der Waals surface area contributed by atoms with Crippen molar-refractivity contribution in [3.8, 4) is 0 Å². The van der Waals surface area contributed by atoms with Gasteiger partial charge in [-0.2, -0.15) is 0 Å². The van der Waals surface area contributed by atoms with Crippen molar-refractivity contribution in [3.05, 3.63) is 70.8 Å². The molecule has 0 bridgehead atoms. The minimum atomic E-state index is -2.11. The molecule has 2 heterocycles. The third-order valence-corrected chi connectivity index (χ3v) is 16.8. The fourth-order valence-electron chi connectivity index (χ4n) is 11.0. The maximum Gasteiger partial charge on any atom is 0.410 e. The summed E-state index contributed by atoms with van der Waals surface area (Å²) < 4.78 is 70.5. The van der Waals surface area contributed by atoms with Gasteiger partial charge < -0.3 is 53.0 Å². The number of esters is 4. The average molecular weight is 1230 g/mol. The third-order valence-electron chi connectivity index (χ3n) is 16.8. The van der Waals surface area contributed by atoms with Crippen molar-refractivity contribution in [2.45, 2.75) is 222 Å². The van der Waals surface area contributed by atoms with Crippen LogP contribution in [0, 0.1) is 0 Å². The van der Waals surface area contributed by atoms with Crippen molar-refractivity contribution in [2.24, 2.45) is 0 Å². The molecule has 2 aliphatic heterocycles. The van der Waals surface area contributed by atoms with E-state index in [9.17, 15) is 48.3 Å². The molecule has 87 heavy (non-hydrogen) atoms. The zero-order chi connectivity index (χ0) is 64.6. The number of hydrogen-bond donors (Lipinski definition) is 1. The average Bonchev–Trinajstić information content (AvgIpc) is 1.72. The molecular weight excluding hydrogens is 1130 g/mol. The number of carboxylic acids is 1. The molecule has 21 nitrogen and oxygen atoms in total. The van der Waals surface area contributed by atoms with Crippen LogP contribution in [0.4, 0.5) is 13.6 Å². The van der Waals surface area contributed by atoms with E-state index in [1.165, 1.54) is 69.7 Å². The van der Waals surface area contributed by atoms with Crippen molar-refractivity contribution in [2.75, 3.05) is 54.6 Å². The van der Waals surface area contributed by atoms with E-state index in [1.54, 1.807) is 32.9 Å². The van der Waals surface area contributed by atoms with Crippen LogP contribution < -0.4 is 0 Å². The summed E-state index contributed by atoms with van der Waals surface area (Å²) >= 11 is 0. The van der Waals surface area contributed by atoms with E-state index >= 15 is 8.78 Å². The maximum atomic E-state index is 15.8. The van der Waals surface area contributed by atoms with Crippen LogP contribution in [-0.2, 0) is 84.4 Å². The number of carboxylic acid groups (broad SMARTS) is 1. The Morgan fingerprint density at radius 3 is 1.31 bits per heavy atom. The predicted molar refractivity (Wildman–Crippen MR) is 312 cm³/mol. The van der Waals surface area contributed by atoms with Crippen molar-refractivity contribution < 1.29 is 90.2 Å². The van der Waals surface area contributed by atoms with Crippen LogP contribution in [0.2, 0.25) is 0 Å². The summed E-state index contributed by atoms with van der Waals surface area (Å²) in [6.45, 7) is 14.7. The summed E-state index contributed by atoms with van der Waals surface area (Å²) in [6, 6.07) is 11.7. The van der Waals surface area contributed by atoms with Crippen LogP contribution in [0.25, 0.3) is 0 Å². The molecule has 2 saturated heterocycles. The van der Waals surface area contributed by atoms with E-state index in [4.69, 9.17) is 33.2 Å². The van der Waals surface area contributed by atoms with Crippen LogP contribution in [0.1, 0.15) is 167 Å². The zero-order valence-corrected chi connectivity index (χ0v) is 52.8. The number of benzene rings is 2. The number of hydrogen-bond acceptors (Lipinski definition) is 16. The molecule has 2 saturated carbocycles. The zero-order valence-electron chi connectivity index (χ0n) is 52.8. The van der Waals surface area contributed by atoms with Crippen LogP contribution in [0.5, 0.6) is 0 Å². The van der Waals surface area contributed by atoms with Gasteiger partial charge in [-0.1, -0.05) is 48.5 Å². The first kappa shape index (κ1) is 69.4. The molecule has 0 spiro atoms. The number of alkyl halides is 2. The van der Waals surface area contributed by atoms with Gasteiger partial charge in [0.15, 0.2) is 18.3 Å². The van der Waals surface area contributed by atoms with Gasteiger partial charge >= 0.3 is 35.9 Å². The molecule has 6 rings (SSSR count). The lowest BCUT2D eigenvalue weighted by molar-refractivity contribution is -0.176. The van der Waals surface area contributed by atoms with Gasteiger partial charge in [0.25, 0.3) is 17.7 Å². The second kappa shape index (κ2) is 28.6. The molecule has 0 unspecified atom stereocenters. The molecule has 4 fully saturated rings. The molecule has 4 amide bonds. The highest BCUT2D eigenvalue weighted by atomic mass is 19.1. The van der Waals surface area contributed by atoms with Gasteiger partial charge in [0.05, 0.1) is 0 Å².